The highest BCUT2D eigenvalue weighted by Gasteiger charge is 2.30. The molecule has 31 heavy (non-hydrogen) atoms. The van der Waals surface area contributed by atoms with Gasteiger partial charge in [0.25, 0.3) is 0 Å². The zero-order chi connectivity index (χ0) is 22.0. The number of rotatable bonds is 6. The third kappa shape index (κ3) is 4.23. The second kappa shape index (κ2) is 8.74. The largest absolute Gasteiger partial charge is 0.497 e. The number of ketones is 1. The molecule has 0 bridgehead atoms. The maximum absolute atomic E-state index is 12.9. The highest BCUT2D eigenvalue weighted by Crippen LogP contribution is 2.40. The molecule has 1 heterocycles. The minimum Gasteiger partial charge on any atom is -0.497 e. The van der Waals surface area contributed by atoms with Gasteiger partial charge in [-0.05, 0) is 55.0 Å². The Kier molecular flexibility index (Phi) is 5.87. The molecule has 158 valence electrons. The molecule has 0 aliphatic carbocycles. The van der Waals surface area contributed by atoms with E-state index in [9.17, 15) is 4.79 Å². The van der Waals surface area contributed by atoms with Gasteiger partial charge in [0.15, 0.2) is 5.76 Å². The summed E-state index contributed by atoms with van der Waals surface area (Å²) >= 11 is 6.04. The van der Waals surface area contributed by atoms with Crippen LogP contribution in [0.4, 0.5) is 0 Å². The fourth-order valence-electron chi connectivity index (χ4n) is 3.39. The summed E-state index contributed by atoms with van der Waals surface area (Å²) in [7, 11) is 3.15. The molecule has 0 N–H and O–H groups in total. The number of hydrogen-bond acceptors (Lipinski definition) is 5. The summed E-state index contributed by atoms with van der Waals surface area (Å²) in [4.78, 5) is 12.9. The molecule has 0 amide bonds. The number of carbonyl (C=O) groups excluding carboxylic acids is 1. The van der Waals surface area contributed by atoms with Crippen LogP contribution in [0.1, 0.15) is 27.0 Å². The summed E-state index contributed by atoms with van der Waals surface area (Å²) < 4.78 is 22.5. The van der Waals surface area contributed by atoms with Crippen molar-refractivity contribution in [3.8, 4) is 23.0 Å². The van der Waals surface area contributed by atoms with E-state index in [4.69, 9.17) is 30.5 Å². The lowest BCUT2D eigenvalue weighted by atomic mass is 10.1. The van der Waals surface area contributed by atoms with Gasteiger partial charge in [-0.15, -0.1) is 0 Å². The first-order valence-electron chi connectivity index (χ1n) is 9.67. The molecule has 0 saturated carbocycles. The average molecular weight is 437 g/mol. The van der Waals surface area contributed by atoms with Gasteiger partial charge in [0, 0.05) is 22.2 Å². The minimum atomic E-state index is -0.183. The maximum atomic E-state index is 12.9. The van der Waals surface area contributed by atoms with Crippen LogP contribution in [0.25, 0.3) is 6.08 Å². The Morgan fingerprint density at radius 1 is 1.00 bits per heavy atom. The standard InChI is InChI=1S/C25H21ClO5/c1-15-21(30-14-16-5-4-6-18(26)11-16)10-9-20-24(27)23(31-25(15)20)12-17-7-8-19(28-2)13-22(17)29-3/h4-13H,14H2,1-3H3/b23-12-. The molecule has 1 aliphatic rings. The van der Waals surface area contributed by atoms with Gasteiger partial charge < -0.3 is 18.9 Å². The van der Waals surface area contributed by atoms with Crippen LogP contribution in [0.5, 0.6) is 23.0 Å². The summed E-state index contributed by atoms with van der Waals surface area (Å²) in [5, 5.41) is 0.657. The van der Waals surface area contributed by atoms with Gasteiger partial charge in [-0.1, -0.05) is 23.7 Å². The van der Waals surface area contributed by atoms with E-state index in [1.165, 1.54) is 0 Å². The number of allylic oxidation sites excluding steroid dienone is 1. The third-order valence-corrected chi connectivity index (χ3v) is 5.28. The predicted molar refractivity (Wildman–Crippen MR) is 119 cm³/mol. The van der Waals surface area contributed by atoms with Crippen molar-refractivity contribution in [3.05, 3.63) is 87.6 Å². The van der Waals surface area contributed by atoms with E-state index in [-0.39, 0.29) is 11.5 Å². The van der Waals surface area contributed by atoms with Crippen molar-refractivity contribution in [1.29, 1.82) is 0 Å². The smallest absolute Gasteiger partial charge is 0.231 e. The van der Waals surface area contributed by atoms with Crippen molar-refractivity contribution in [1.82, 2.24) is 0 Å². The second-order valence-corrected chi connectivity index (χ2v) is 7.47. The molecule has 3 aromatic carbocycles. The molecular formula is C25H21ClO5. The highest BCUT2D eigenvalue weighted by atomic mass is 35.5. The van der Waals surface area contributed by atoms with E-state index in [1.54, 1.807) is 44.6 Å². The number of halogens is 1. The summed E-state index contributed by atoms with van der Waals surface area (Å²) in [6.07, 6.45) is 1.67. The van der Waals surface area contributed by atoms with Crippen molar-refractivity contribution in [2.45, 2.75) is 13.5 Å². The SMILES string of the molecule is COc1ccc(/C=C2\Oc3c(ccc(OCc4cccc(Cl)c4)c3C)C2=O)c(OC)c1. The molecule has 0 saturated heterocycles. The lowest BCUT2D eigenvalue weighted by Gasteiger charge is -2.12. The molecule has 6 heteroatoms. The molecule has 5 nitrogen and oxygen atoms in total. The average Bonchev–Trinajstić information content (AvgIpc) is 3.10. The van der Waals surface area contributed by atoms with E-state index in [2.05, 4.69) is 0 Å². The topological polar surface area (TPSA) is 54.0 Å². The van der Waals surface area contributed by atoms with Crippen molar-refractivity contribution in [2.75, 3.05) is 14.2 Å². The van der Waals surface area contributed by atoms with Crippen LogP contribution in [0.15, 0.2) is 60.4 Å². The third-order valence-electron chi connectivity index (χ3n) is 5.05. The lowest BCUT2D eigenvalue weighted by molar-refractivity contribution is 0.101. The van der Waals surface area contributed by atoms with Crippen LogP contribution in [0, 0.1) is 6.92 Å². The molecule has 4 rings (SSSR count). The molecule has 0 spiro atoms. The normalized spacial score (nSPS) is 13.7. The van der Waals surface area contributed by atoms with Crippen LogP contribution in [-0.2, 0) is 6.61 Å². The Balaban J connectivity index is 1.59. The summed E-state index contributed by atoms with van der Waals surface area (Å²) in [6, 6.07) is 16.4. The molecular weight excluding hydrogens is 416 g/mol. The van der Waals surface area contributed by atoms with E-state index < -0.39 is 0 Å². The maximum Gasteiger partial charge on any atom is 0.231 e. The molecule has 0 radical (unpaired) electrons. The van der Waals surface area contributed by atoms with Crippen LogP contribution in [0.2, 0.25) is 5.02 Å². The fraction of sp³-hybridized carbons (Fsp3) is 0.160. The molecule has 1 aliphatic heterocycles. The van der Waals surface area contributed by atoms with Crippen molar-refractivity contribution in [2.24, 2.45) is 0 Å². The Morgan fingerprint density at radius 2 is 1.84 bits per heavy atom. The molecule has 0 fully saturated rings. The van der Waals surface area contributed by atoms with Gasteiger partial charge in [-0.2, -0.15) is 0 Å². The highest BCUT2D eigenvalue weighted by molar-refractivity contribution is 6.30. The van der Waals surface area contributed by atoms with Crippen LogP contribution < -0.4 is 18.9 Å². The number of fused-ring (bicyclic) bond motifs is 1. The van der Waals surface area contributed by atoms with Gasteiger partial charge >= 0.3 is 0 Å². The van der Waals surface area contributed by atoms with E-state index in [0.717, 1.165) is 16.7 Å². The zero-order valence-corrected chi connectivity index (χ0v) is 18.2. The number of methoxy groups -OCH3 is 2. The number of Topliss-reactive ketones (excluding diaryl/α,β-unsaturated/α-hetero) is 1. The van der Waals surface area contributed by atoms with Gasteiger partial charge in [0.05, 0.1) is 19.8 Å². The molecule has 0 aromatic heterocycles. The molecule has 3 aromatic rings. The van der Waals surface area contributed by atoms with Crippen molar-refractivity contribution in [3.63, 3.8) is 0 Å². The van der Waals surface area contributed by atoms with Gasteiger partial charge in [-0.3, -0.25) is 4.79 Å². The molecule has 0 unspecified atom stereocenters. The van der Waals surface area contributed by atoms with Gasteiger partial charge in [-0.25, -0.2) is 0 Å². The Morgan fingerprint density at radius 3 is 2.58 bits per heavy atom. The van der Waals surface area contributed by atoms with E-state index in [1.807, 2.05) is 37.3 Å². The number of ether oxygens (including phenoxy) is 4. The van der Waals surface area contributed by atoms with Crippen molar-refractivity contribution >= 4 is 23.5 Å². The van der Waals surface area contributed by atoms with Crippen LogP contribution >= 0.6 is 11.6 Å². The van der Waals surface area contributed by atoms with E-state index >= 15 is 0 Å². The minimum absolute atomic E-state index is 0.183. The number of benzene rings is 3. The Hall–Kier alpha value is -3.44. The first-order valence-corrected chi connectivity index (χ1v) is 10.0. The fourth-order valence-corrected chi connectivity index (χ4v) is 3.60. The first kappa shape index (κ1) is 20.8. The Labute approximate surface area is 185 Å². The number of carbonyl (C=O) groups is 1. The zero-order valence-electron chi connectivity index (χ0n) is 17.4. The number of hydrogen-bond donors (Lipinski definition) is 0. The van der Waals surface area contributed by atoms with Gasteiger partial charge in [0.2, 0.25) is 5.78 Å². The second-order valence-electron chi connectivity index (χ2n) is 7.03. The summed E-state index contributed by atoms with van der Waals surface area (Å²) in [5.41, 5.74) is 2.94. The van der Waals surface area contributed by atoms with E-state index in [0.29, 0.717) is 40.2 Å². The quantitative estimate of drug-likeness (QED) is 0.453. The first-order chi connectivity index (χ1) is 15.0. The summed E-state index contributed by atoms with van der Waals surface area (Å²) in [6.45, 7) is 2.23. The monoisotopic (exact) mass is 436 g/mol. The predicted octanol–water partition coefficient (Wildman–Crippen LogP) is 5.86. The molecule has 0 atom stereocenters. The Bertz CT molecular complexity index is 1180. The lowest BCUT2D eigenvalue weighted by Crippen LogP contribution is -1.99. The van der Waals surface area contributed by atoms with Gasteiger partial charge in [0.1, 0.15) is 29.6 Å². The van der Waals surface area contributed by atoms with Crippen molar-refractivity contribution < 1.29 is 23.7 Å². The van der Waals surface area contributed by atoms with Crippen LogP contribution in [0.3, 0.4) is 0 Å². The van der Waals surface area contributed by atoms with Crippen LogP contribution in [-0.4, -0.2) is 20.0 Å². The summed E-state index contributed by atoms with van der Waals surface area (Å²) in [5.74, 6) is 2.45.